The minimum Gasteiger partial charge on any atom is -0.422 e. The van der Waals surface area contributed by atoms with E-state index in [2.05, 4.69) is 5.32 Å². The lowest BCUT2D eigenvalue weighted by atomic mass is 10.1. The first-order valence-corrected chi connectivity index (χ1v) is 4.71. The fraction of sp³-hybridized carbons (Fsp3) is 0.182. The Morgan fingerprint density at radius 1 is 1.31 bits per heavy atom. The standard InChI is InChI=1S/C11H9NO4/c1-6(13)10(14)9-11(15)16-8-5-3-2-4-7(8)12-9/h2-5,9,12H,1H3. The molecule has 1 aromatic rings. The largest absolute Gasteiger partial charge is 0.422 e. The molecule has 1 atom stereocenters. The number of Topliss-reactive ketones (excluding diaryl/α,β-unsaturated/α-hetero) is 2. The SMILES string of the molecule is CC(=O)C(=O)C1Nc2ccccc2OC1=O. The van der Waals surface area contributed by atoms with Gasteiger partial charge in [-0.1, -0.05) is 12.1 Å². The van der Waals surface area contributed by atoms with Crippen LogP contribution in [-0.4, -0.2) is 23.6 Å². The summed E-state index contributed by atoms with van der Waals surface area (Å²) >= 11 is 0. The number of fused-ring (bicyclic) bond motifs is 1. The third-order valence-corrected chi connectivity index (χ3v) is 2.24. The number of nitrogens with one attached hydrogen (secondary N) is 1. The Morgan fingerprint density at radius 2 is 2.00 bits per heavy atom. The van der Waals surface area contributed by atoms with Gasteiger partial charge in [0.25, 0.3) is 0 Å². The Hall–Kier alpha value is -2.17. The number of anilines is 1. The van der Waals surface area contributed by atoms with Crippen molar-refractivity contribution in [3.8, 4) is 5.75 Å². The number of rotatable bonds is 2. The average Bonchev–Trinajstić information content (AvgIpc) is 2.27. The fourth-order valence-electron chi connectivity index (χ4n) is 1.43. The first kappa shape index (κ1) is 10.4. The summed E-state index contributed by atoms with van der Waals surface area (Å²) in [6.07, 6.45) is 0. The van der Waals surface area contributed by atoms with Crippen molar-refractivity contribution < 1.29 is 19.1 Å². The van der Waals surface area contributed by atoms with Crippen LogP contribution in [0.3, 0.4) is 0 Å². The number of carbonyl (C=O) groups excluding carboxylic acids is 3. The summed E-state index contributed by atoms with van der Waals surface area (Å²) in [5, 5.41) is 2.68. The van der Waals surface area contributed by atoms with Gasteiger partial charge in [0.1, 0.15) is 0 Å². The van der Waals surface area contributed by atoms with Crippen LogP contribution in [0.25, 0.3) is 0 Å². The normalized spacial score (nSPS) is 18.1. The van der Waals surface area contributed by atoms with Gasteiger partial charge in [-0.25, -0.2) is 4.79 Å². The van der Waals surface area contributed by atoms with E-state index < -0.39 is 23.6 Å². The van der Waals surface area contributed by atoms with Gasteiger partial charge in [-0.2, -0.15) is 0 Å². The summed E-state index contributed by atoms with van der Waals surface area (Å²) in [6.45, 7) is 1.12. The van der Waals surface area contributed by atoms with Crippen LogP contribution in [0.4, 0.5) is 5.69 Å². The highest BCUT2D eigenvalue weighted by atomic mass is 16.5. The molecule has 0 saturated heterocycles. The molecule has 0 saturated carbocycles. The lowest BCUT2D eigenvalue weighted by Crippen LogP contribution is -2.45. The van der Waals surface area contributed by atoms with Crippen molar-refractivity contribution in [2.45, 2.75) is 13.0 Å². The van der Waals surface area contributed by atoms with E-state index in [0.29, 0.717) is 11.4 Å². The van der Waals surface area contributed by atoms with Gasteiger partial charge < -0.3 is 10.1 Å². The topological polar surface area (TPSA) is 72.5 Å². The molecule has 0 amide bonds. The van der Waals surface area contributed by atoms with E-state index in [0.717, 1.165) is 6.92 Å². The van der Waals surface area contributed by atoms with Gasteiger partial charge in [0.15, 0.2) is 17.6 Å². The van der Waals surface area contributed by atoms with Gasteiger partial charge in [0, 0.05) is 6.92 Å². The second kappa shape index (κ2) is 3.77. The molecule has 0 aromatic heterocycles. The molecule has 82 valence electrons. The minimum atomic E-state index is -1.23. The van der Waals surface area contributed by atoms with Crippen LogP contribution in [0.15, 0.2) is 24.3 Å². The number of esters is 1. The van der Waals surface area contributed by atoms with Crippen LogP contribution in [0.5, 0.6) is 5.75 Å². The van der Waals surface area contributed by atoms with E-state index in [1.165, 1.54) is 0 Å². The molecule has 1 aliphatic rings. The summed E-state index contributed by atoms with van der Waals surface area (Å²) in [6, 6.07) is 5.49. The lowest BCUT2D eigenvalue weighted by molar-refractivity contribution is -0.144. The van der Waals surface area contributed by atoms with Crippen LogP contribution in [0.1, 0.15) is 6.92 Å². The Labute approximate surface area is 91.4 Å². The maximum atomic E-state index is 11.4. The summed E-state index contributed by atoms with van der Waals surface area (Å²) in [4.78, 5) is 33.8. The fourth-order valence-corrected chi connectivity index (χ4v) is 1.43. The molecule has 1 unspecified atom stereocenters. The maximum Gasteiger partial charge on any atom is 0.342 e. The molecule has 0 aliphatic carbocycles. The summed E-state index contributed by atoms with van der Waals surface area (Å²) in [5.41, 5.74) is 0.529. The van der Waals surface area contributed by atoms with E-state index in [-0.39, 0.29) is 0 Å². The Balaban J connectivity index is 2.31. The predicted molar refractivity (Wildman–Crippen MR) is 55.2 cm³/mol. The van der Waals surface area contributed by atoms with E-state index in [9.17, 15) is 14.4 Å². The third kappa shape index (κ3) is 1.67. The van der Waals surface area contributed by atoms with Crippen molar-refractivity contribution in [1.82, 2.24) is 0 Å². The smallest absolute Gasteiger partial charge is 0.342 e. The Morgan fingerprint density at radius 3 is 2.69 bits per heavy atom. The minimum absolute atomic E-state index is 0.361. The molecule has 5 heteroatoms. The second-order valence-corrected chi connectivity index (χ2v) is 3.42. The Bertz CT molecular complexity index is 481. The molecule has 1 aromatic carbocycles. The van der Waals surface area contributed by atoms with Gasteiger partial charge in [0.2, 0.25) is 5.78 Å². The molecule has 0 fully saturated rings. The van der Waals surface area contributed by atoms with Crippen LogP contribution in [0.2, 0.25) is 0 Å². The molecule has 5 nitrogen and oxygen atoms in total. The Kier molecular flexibility index (Phi) is 2.44. The first-order chi connectivity index (χ1) is 7.59. The zero-order valence-corrected chi connectivity index (χ0v) is 8.52. The van der Waals surface area contributed by atoms with Gasteiger partial charge in [0.05, 0.1) is 5.69 Å². The van der Waals surface area contributed by atoms with E-state index in [1.807, 2.05) is 0 Å². The number of para-hydroxylation sites is 2. The van der Waals surface area contributed by atoms with Crippen molar-refractivity contribution in [3.05, 3.63) is 24.3 Å². The van der Waals surface area contributed by atoms with Gasteiger partial charge in [-0.15, -0.1) is 0 Å². The van der Waals surface area contributed by atoms with Crippen molar-refractivity contribution in [1.29, 1.82) is 0 Å². The first-order valence-electron chi connectivity index (χ1n) is 4.71. The van der Waals surface area contributed by atoms with Gasteiger partial charge >= 0.3 is 5.97 Å². The highest BCUT2D eigenvalue weighted by molar-refractivity contribution is 6.42. The zero-order valence-electron chi connectivity index (χ0n) is 8.52. The number of benzene rings is 1. The number of hydrogen-bond acceptors (Lipinski definition) is 5. The van der Waals surface area contributed by atoms with E-state index >= 15 is 0 Å². The molecule has 1 heterocycles. The molecule has 2 rings (SSSR count). The van der Waals surface area contributed by atoms with Crippen molar-refractivity contribution in [2.24, 2.45) is 0 Å². The zero-order chi connectivity index (χ0) is 11.7. The lowest BCUT2D eigenvalue weighted by Gasteiger charge is -2.23. The highest BCUT2D eigenvalue weighted by Gasteiger charge is 2.35. The van der Waals surface area contributed by atoms with Gasteiger partial charge in [-0.3, -0.25) is 9.59 Å². The summed E-state index contributed by atoms with van der Waals surface area (Å²) < 4.78 is 4.94. The number of hydrogen-bond donors (Lipinski definition) is 1. The van der Waals surface area contributed by atoms with Crippen LogP contribution in [-0.2, 0) is 14.4 Å². The average molecular weight is 219 g/mol. The molecule has 1 N–H and O–H groups in total. The van der Waals surface area contributed by atoms with E-state index in [1.54, 1.807) is 24.3 Å². The predicted octanol–water partition coefficient (Wildman–Crippen LogP) is 0.544. The van der Waals surface area contributed by atoms with Crippen LogP contribution >= 0.6 is 0 Å². The highest BCUT2D eigenvalue weighted by Crippen LogP contribution is 2.28. The maximum absolute atomic E-state index is 11.4. The summed E-state index contributed by atoms with van der Waals surface area (Å²) in [7, 11) is 0. The summed E-state index contributed by atoms with van der Waals surface area (Å²) in [5.74, 6) is -1.85. The van der Waals surface area contributed by atoms with Gasteiger partial charge in [-0.05, 0) is 12.1 Å². The van der Waals surface area contributed by atoms with E-state index in [4.69, 9.17) is 4.74 Å². The van der Waals surface area contributed by atoms with Crippen LogP contribution < -0.4 is 10.1 Å². The monoisotopic (exact) mass is 219 g/mol. The number of ether oxygens (including phenoxy) is 1. The van der Waals surface area contributed by atoms with Crippen LogP contribution in [0, 0.1) is 0 Å². The molecule has 1 aliphatic heterocycles. The molecular weight excluding hydrogens is 210 g/mol. The number of carbonyl (C=O) groups is 3. The molecule has 0 spiro atoms. The third-order valence-electron chi connectivity index (χ3n) is 2.24. The second-order valence-electron chi connectivity index (χ2n) is 3.42. The molecule has 0 radical (unpaired) electrons. The molecule has 16 heavy (non-hydrogen) atoms. The molecular formula is C11H9NO4. The van der Waals surface area contributed by atoms with Crippen molar-refractivity contribution in [2.75, 3.05) is 5.32 Å². The quantitative estimate of drug-likeness (QED) is 0.340. The van der Waals surface area contributed by atoms with Crippen molar-refractivity contribution >= 4 is 23.2 Å². The molecule has 0 bridgehead atoms. The number of ketones is 2. The van der Waals surface area contributed by atoms with Crippen molar-refractivity contribution in [3.63, 3.8) is 0 Å².